The Hall–Kier alpha value is -3.41. The quantitative estimate of drug-likeness (QED) is 0.580. The molecule has 0 aliphatic rings. The lowest BCUT2D eigenvalue weighted by Crippen LogP contribution is -2.09. The average molecular weight is 345 g/mol. The van der Waals surface area contributed by atoms with E-state index in [1.54, 1.807) is 19.5 Å². The van der Waals surface area contributed by atoms with Crippen molar-refractivity contribution in [2.24, 2.45) is 0 Å². The molecule has 1 N–H and O–H groups in total. The van der Waals surface area contributed by atoms with E-state index >= 15 is 0 Å². The molecule has 1 aromatic carbocycles. The second-order valence-electron chi connectivity index (χ2n) is 5.86. The van der Waals surface area contributed by atoms with E-state index in [9.17, 15) is 0 Å². The van der Waals surface area contributed by atoms with Gasteiger partial charge in [-0.05, 0) is 36.2 Å². The van der Waals surface area contributed by atoms with Gasteiger partial charge in [0.15, 0.2) is 0 Å². The van der Waals surface area contributed by atoms with Crippen molar-refractivity contribution in [1.82, 2.24) is 19.4 Å². The zero-order valence-corrected chi connectivity index (χ0v) is 14.5. The zero-order valence-electron chi connectivity index (χ0n) is 14.5. The standard InChI is InChI=1S/C20H19N5O/c1-26-16-7-5-15(6-8-16)9-11-22-19-14-18(17-4-2-3-10-21-17)24-20-23-12-13-25(19)20/h2-8,10,12-14,22H,9,11H2,1H3. The molecule has 0 saturated carbocycles. The van der Waals surface area contributed by atoms with Gasteiger partial charge in [-0.15, -0.1) is 0 Å². The van der Waals surface area contributed by atoms with Gasteiger partial charge in [0.05, 0.1) is 18.5 Å². The monoisotopic (exact) mass is 345 g/mol. The number of hydrogen-bond acceptors (Lipinski definition) is 5. The Balaban J connectivity index is 1.54. The summed E-state index contributed by atoms with van der Waals surface area (Å²) in [6.07, 6.45) is 6.32. The topological polar surface area (TPSA) is 64.3 Å². The number of ether oxygens (including phenoxy) is 1. The summed E-state index contributed by atoms with van der Waals surface area (Å²) in [5.74, 6) is 2.47. The molecule has 6 heteroatoms. The second-order valence-corrected chi connectivity index (χ2v) is 5.86. The van der Waals surface area contributed by atoms with Gasteiger partial charge in [0.25, 0.3) is 0 Å². The van der Waals surface area contributed by atoms with Gasteiger partial charge in [0.1, 0.15) is 11.6 Å². The van der Waals surface area contributed by atoms with E-state index in [-0.39, 0.29) is 0 Å². The first-order chi connectivity index (χ1) is 12.8. The van der Waals surface area contributed by atoms with Gasteiger partial charge < -0.3 is 10.1 Å². The third-order valence-electron chi connectivity index (χ3n) is 4.18. The highest BCUT2D eigenvalue weighted by molar-refractivity contribution is 5.62. The van der Waals surface area contributed by atoms with Gasteiger partial charge in [0, 0.05) is 31.2 Å². The molecule has 0 bridgehead atoms. The third kappa shape index (κ3) is 3.35. The Morgan fingerprint density at radius 2 is 1.88 bits per heavy atom. The molecule has 0 atom stereocenters. The van der Waals surface area contributed by atoms with Crippen molar-refractivity contribution >= 4 is 11.6 Å². The van der Waals surface area contributed by atoms with Crippen LogP contribution < -0.4 is 10.1 Å². The van der Waals surface area contributed by atoms with E-state index in [1.807, 2.05) is 47.0 Å². The molecule has 0 saturated heterocycles. The van der Waals surface area contributed by atoms with Gasteiger partial charge in [-0.2, -0.15) is 0 Å². The van der Waals surface area contributed by atoms with Crippen LogP contribution in [0.4, 0.5) is 5.82 Å². The Morgan fingerprint density at radius 3 is 2.65 bits per heavy atom. The number of hydrogen-bond donors (Lipinski definition) is 1. The first-order valence-corrected chi connectivity index (χ1v) is 8.46. The number of imidazole rings is 1. The molecule has 130 valence electrons. The fourth-order valence-electron chi connectivity index (χ4n) is 2.81. The lowest BCUT2D eigenvalue weighted by molar-refractivity contribution is 0.414. The van der Waals surface area contributed by atoms with E-state index in [0.717, 1.165) is 35.9 Å². The Morgan fingerprint density at radius 1 is 1.00 bits per heavy atom. The molecule has 0 amide bonds. The molecule has 0 spiro atoms. The fourth-order valence-corrected chi connectivity index (χ4v) is 2.81. The third-order valence-corrected chi connectivity index (χ3v) is 4.18. The number of aromatic nitrogens is 4. The molecule has 0 radical (unpaired) electrons. The maximum absolute atomic E-state index is 5.20. The molecule has 6 nitrogen and oxygen atoms in total. The van der Waals surface area contributed by atoms with Crippen LogP contribution in [0.3, 0.4) is 0 Å². The van der Waals surface area contributed by atoms with Crippen molar-refractivity contribution < 1.29 is 4.74 Å². The van der Waals surface area contributed by atoms with Crippen molar-refractivity contribution in [3.8, 4) is 17.1 Å². The number of rotatable bonds is 6. The number of methoxy groups -OCH3 is 1. The summed E-state index contributed by atoms with van der Waals surface area (Å²) in [7, 11) is 1.68. The molecule has 26 heavy (non-hydrogen) atoms. The van der Waals surface area contributed by atoms with Crippen molar-refractivity contribution in [1.29, 1.82) is 0 Å². The van der Waals surface area contributed by atoms with Gasteiger partial charge in [0.2, 0.25) is 5.78 Å². The number of nitrogens with one attached hydrogen (secondary N) is 1. The van der Waals surface area contributed by atoms with Crippen molar-refractivity contribution in [2.75, 3.05) is 19.0 Å². The predicted molar refractivity (Wildman–Crippen MR) is 101 cm³/mol. The van der Waals surface area contributed by atoms with Crippen LogP contribution in [0.25, 0.3) is 17.2 Å². The molecule has 4 aromatic rings. The molecular formula is C20H19N5O. The summed E-state index contributed by atoms with van der Waals surface area (Å²) in [5, 5.41) is 3.48. The minimum Gasteiger partial charge on any atom is -0.497 e. The minimum absolute atomic E-state index is 0.653. The molecule has 0 aliphatic carbocycles. The van der Waals surface area contributed by atoms with Gasteiger partial charge in [-0.3, -0.25) is 9.38 Å². The summed E-state index contributed by atoms with van der Waals surface area (Å²) in [5.41, 5.74) is 2.88. The van der Waals surface area contributed by atoms with Crippen LogP contribution >= 0.6 is 0 Å². The van der Waals surface area contributed by atoms with Gasteiger partial charge in [-0.1, -0.05) is 18.2 Å². The molecule has 0 fully saturated rings. The van der Waals surface area contributed by atoms with Crippen LogP contribution in [0, 0.1) is 0 Å². The Labute approximate surface area is 151 Å². The number of benzene rings is 1. The van der Waals surface area contributed by atoms with Crippen LogP contribution in [0.5, 0.6) is 5.75 Å². The van der Waals surface area contributed by atoms with E-state index in [2.05, 4.69) is 32.4 Å². The van der Waals surface area contributed by atoms with E-state index in [4.69, 9.17) is 4.74 Å². The number of anilines is 1. The minimum atomic E-state index is 0.653. The first kappa shape index (κ1) is 16.1. The van der Waals surface area contributed by atoms with E-state index in [1.165, 1.54) is 5.56 Å². The average Bonchev–Trinajstić information content (AvgIpc) is 3.18. The molecule has 3 heterocycles. The summed E-state index contributed by atoms with van der Waals surface area (Å²) in [6, 6.07) is 15.9. The Kier molecular flexibility index (Phi) is 4.47. The zero-order chi connectivity index (χ0) is 17.8. The lowest BCUT2D eigenvalue weighted by Gasteiger charge is -2.11. The van der Waals surface area contributed by atoms with E-state index < -0.39 is 0 Å². The summed E-state index contributed by atoms with van der Waals surface area (Å²) in [6.45, 7) is 0.797. The van der Waals surface area contributed by atoms with Crippen LogP contribution in [0.1, 0.15) is 5.56 Å². The highest BCUT2D eigenvalue weighted by atomic mass is 16.5. The van der Waals surface area contributed by atoms with Crippen LogP contribution in [0.15, 0.2) is 67.1 Å². The van der Waals surface area contributed by atoms with Crippen LogP contribution in [-0.2, 0) is 6.42 Å². The van der Waals surface area contributed by atoms with Crippen molar-refractivity contribution in [3.63, 3.8) is 0 Å². The van der Waals surface area contributed by atoms with E-state index in [0.29, 0.717) is 5.78 Å². The summed E-state index contributed by atoms with van der Waals surface area (Å²) < 4.78 is 7.14. The predicted octanol–water partition coefficient (Wildman–Crippen LogP) is 3.45. The first-order valence-electron chi connectivity index (χ1n) is 8.46. The number of pyridine rings is 1. The van der Waals surface area contributed by atoms with Crippen LogP contribution in [-0.4, -0.2) is 33.0 Å². The van der Waals surface area contributed by atoms with Crippen LogP contribution in [0.2, 0.25) is 0 Å². The van der Waals surface area contributed by atoms with Gasteiger partial charge >= 0.3 is 0 Å². The fraction of sp³-hybridized carbons (Fsp3) is 0.150. The highest BCUT2D eigenvalue weighted by Crippen LogP contribution is 2.20. The van der Waals surface area contributed by atoms with Gasteiger partial charge in [-0.25, -0.2) is 9.97 Å². The molecule has 0 aliphatic heterocycles. The van der Waals surface area contributed by atoms with Crippen molar-refractivity contribution in [3.05, 3.63) is 72.7 Å². The number of nitrogens with zero attached hydrogens (tertiary/aromatic N) is 4. The maximum Gasteiger partial charge on any atom is 0.235 e. The maximum atomic E-state index is 5.20. The highest BCUT2D eigenvalue weighted by Gasteiger charge is 2.08. The summed E-state index contributed by atoms with van der Waals surface area (Å²) in [4.78, 5) is 13.3. The molecular weight excluding hydrogens is 326 g/mol. The second kappa shape index (κ2) is 7.23. The molecule has 4 rings (SSSR count). The molecule has 0 unspecified atom stereocenters. The SMILES string of the molecule is COc1ccc(CCNc2cc(-c3ccccn3)nc3nccn23)cc1. The lowest BCUT2D eigenvalue weighted by atomic mass is 10.1. The van der Waals surface area contributed by atoms with Crippen molar-refractivity contribution in [2.45, 2.75) is 6.42 Å². The summed E-state index contributed by atoms with van der Waals surface area (Å²) >= 11 is 0. The Bertz CT molecular complexity index is 996. The normalized spacial score (nSPS) is 10.8. The number of fused-ring (bicyclic) bond motifs is 1. The molecule has 3 aromatic heterocycles. The smallest absolute Gasteiger partial charge is 0.235 e. The largest absolute Gasteiger partial charge is 0.497 e.